The van der Waals surface area contributed by atoms with Crippen molar-refractivity contribution in [1.29, 1.82) is 0 Å². The third-order valence-electron chi connectivity index (χ3n) is 4.02. The van der Waals surface area contributed by atoms with Gasteiger partial charge in [0.2, 0.25) is 0 Å². The standard InChI is InChI=1S/C18H24N2O5S/c1-12(17(22)20-18(23)19-13-5-3-4-6-13)25-16(21)11-26-15-9-7-14(24-2)8-10-15/h7-10,12-13H,3-6,11H2,1-2H3,(H2,19,20,22,23)/t12-/m0/s1. The Morgan fingerprint density at radius 3 is 2.46 bits per heavy atom. The number of amides is 3. The molecular weight excluding hydrogens is 356 g/mol. The molecule has 142 valence electrons. The number of nitrogens with one attached hydrogen (secondary N) is 2. The Bertz CT molecular complexity index is 629. The van der Waals surface area contributed by atoms with Crippen LogP contribution in [0.1, 0.15) is 32.6 Å². The van der Waals surface area contributed by atoms with Crippen LogP contribution in [0.15, 0.2) is 29.2 Å². The lowest BCUT2D eigenvalue weighted by Gasteiger charge is -2.15. The molecule has 2 N–H and O–H groups in total. The Kier molecular flexibility index (Phi) is 7.77. The highest BCUT2D eigenvalue weighted by molar-refractivity contribution is 8.00. The van der Waals surface area contributed by atoms with E-state index in [1.165, 1.54) is 18.7 Å². The molecular formula is C18H24N2O5S. The Morgan fingerprint density at radius 1 is 1.19 bits per heavy atom. The number of thioether (sulfide) groups is 1. The first-order chi connectivity index (χ1) is 12.5. The minimum Gasteiger partial charge on any atom is -0.497 e. The molecule has 0 aromatic heterocycles. The SMILES string of the molecule is COc1ccc(SCC(=O)O[C@@H](C)C(=O)NC(=O)NC2CCCC2)cc1. The molecule has 26 heavy (non-hydrogen) atoms. The second-order valence-electron chi connectivity index (χ2n) is 6.04. The lowest BCUT2D eigenvalue weighted by molar-refractivity contribution is -0.151. The summed E-state index contributed by atoms with van der Waals surface area (Å²) in [6.07, 6.45) is 2.98. The number of imide groups is 1. The number of hydrogen-bond donors (Lipinski definition) is 2. The van der Waals surface area contributed by atoms with Crippen molar-refractivity contribution in [2.75, 3.05) is 12.9 Å². The summed E-state index contributed by atoms with van der Waals surface area (Å²) in [5.41, 5.74) is 0. The summed E-state index contributed by atoms with van der Waals surface area (Å²) in [4.78, 5) is 36.5. The van der Waals surface area contributed by atoms with E-state index in [2.05, 4.69) is 10.6 Å². The van der Waals surface area contributed by atoms with Crippen LogP contribution in [0, 0.1) is 0 Å². The van der Waals surface area contributed by atoms with Crippen LogP contribution < -0.4 is 15.4 Å². The molecule has 1 aromatic rings. The van der Waals surface area contributed by atoms with E-state index in [1.807, 2.05) is 12.1 Å². The second-order valence-corrected chi connectivity index (χ2v) is 7.09. The number of rotatable bonds is 7. The molecule has 0 bridgehead atoms. The van der Waals surface area contributed by atoms with Gasteiger partial charge in [0, 0.05) is 10.9 Å². The maximum Gasteiger partial charge on any atom is 0.321 e. The van der Waals surface area contributed by atoms with Crippen LogP contribution in [0.25, 0.3) is 0 Å². The normalized spacial score (nSPS) is 15.2. The van der Waals surface area contributed by atoms with Crippen molar-refractivity contribution in [3.63, 3.8) is 0 Å². The van der Waals surface area contributed by atoms with Crippen molar-refractivity contribution in [3.8, 4) is 5.75 Å². The molecule has 2 rings (SSSR count). The van der Waals surface area contributed by atoms with Gasteiger partial charge in [0.15, 0.2) is 6.10 Å². The largest absolute Gasteiger partial charge is 0.497 e. The van der Waals surface area contributed by atoms with E-state index >= 15 is 0 Å². The van der Waals surface area contributed by atoms with Gasteiger partial charge in [-0.3, -0.25) is 14.9 Å². The van der Waals surface area contributed by atoms with Gasteiger partial charge in [0.25, 0.3) is 5.91 Å². The molecule has 1 fully saturated rings. The molecule has 1 aliphatic carbocycles. The fourth-order valence-electron chi connectivity index (χ4n) is 2.60. The molecule has 0 aliphatic heterocycles. The number of urea groups is 1. The van der Waals surface area contributed by atoms with E-state index in [0.717, 1.165) is 36.3 Å². The zero-order valence-electron chi connectivity index (χ0n) is 14.9. The van der Waals surface area contributed by atoms with Crippen LogP contribution >= 0.6 is 11.8 Å². The van der Waals surface area contributed by atoms with Crippen molar-refractivity contribution in [3.05, 3.63) is 24.3 Å². The van der Waals surface area contributed by atoms with Crippen LogP contribution in [0.4, 0.5) is 4.79 Å². The zero-order valence-corrected chi connectivity index (χ0v) is 15.8. The first-order valence-corrected chi connectivity index (χ1v) is 9.54. The molecule has 1 aromatic carbocycles. The Balaban J connectivity index is 1.69. The quantitative estimate of drug-likeness (QED) is 0.558. The van der Waals surface area contributed by atoms with Crippen LogP contribution in [0.5, 0.6) is 5.75 Å². The summed E-state index contributed by atoms with van der Waals surface area (Å²) in [7, 11) is 1.58. The molecule has 8 heteroatoms. The molecule has 3 amide bonds. The maximum absolute atomic E-state index is 11.9. The van der Waals surface area contributed by atoms with Crippen molar-refractivity contribution < 1.29 is 23.9 Å². The van der Waals surface area contributed by atoms with Gasteiger partial charge >= 0.3 is 12.0 Å². The fraction of sp³-hybridized carbons (Fsp3) is 0.500. The predicted molar refractivity (Wildman–Crippen MR) is 98.2 cm³/mol. The van der Waals surface area contributed by atoms with E-state index in [1.54, 1.807) is 19.2 Å². The van der Waals surface area contributed by atoms with E-state index in [0.29, 0.717) is 0 Å². The van der Waals surface area contributed by atoms with E-state index < -0.39 is 24.0 Å². The van der Waals surface area contributed by atoms with Gasteiger partial charge in [-0.05, 0) is 44.0 Å². The topological polar surface area (TPSA) is 93.7 Å². The van der Waals surface area contributed by atoms with Gasteiger partial charge < -0.3 is 14.8 Å². The minimum atomic E-state index is -1.03. The van der Waals surface area contributed by atoms with Crippen molar-refractivity contribution in [2.24, 2.45) is 0 Å². The van der Waals surface area contributed by atoms with Crippen LogP contribution in [0.2, 0.25) is 0 Å². The lowest BCUT2D eigenvalue weighted by Crippen LogP contribution is -2.47. The smallest absolute Gasteiger partial charge is 0.321 e. The molecule has 0 unspecified atom stereocenters. The highest BCUT2D eigenvalue weighted by atomic mass is 32.2. The molecule has 0 heterocycles. The first-order valence-electron chi connectivity index (χ1n) is 8.55. The predicted octanol–water partition coefficient (Wildman–Crippen LogP) is 2.49. The van der Waals surface area contributed by atoms with Crippen LogP contribution in [-0.2, 0) is 14.3 Å². The molecule has 7 nitrogen and oxygen atoms in total. The van der Waals surface area contributed by atoms with Gasteiger partial charge in [-0.2, -0.15) is 0 Å². The highest BCUT2D eigenvalue weighted by Gasteiger charge is 2.22. The molecule has 1 saturated carbocycles. The number of methoxy groups -OCH3 is 1. The number of benzene rings is 1. The summed E-state index contributed by atoms with van der Waals surface area (Å²) in [6.45, 7) is 1.44. The van der Waals surface area contributed by atoms with Crippen LogP contribution in [-0.4, -0.2) is 42.9 Å². The van der Waals surface area contributed by atoms with Crippen molar-refractivity contribution in [1.82, 2.24) is 10.6 Å². The number of carbonyl (C=O) groups is 3. The summed E-state index contributed by atoms with van der Waals surface area (Å²) < 4.78 is 10.1. The summed E-state index contributed by atoms with van der Waals surface area (Å²) >= 11 is 1.30. The second kappa shape index (κ2) is 10.1. The zero-order chi connectivity index (χ0) is 18.9. The van der Waals surface area contributed by atoms with Gasteiger partial charge in [0.05, 0.1) is 12.9 Å². The third-order valence-corrected chi connectivity index (χ3v) is 5.01. The maximum atomic E-state index is 11.9. The summed E-state index contributed by atoms with van der Waals surface area (Å²) in [5.74, 6) is -0.357. The van der Waals surface area contributed by atoms with Gasteiger partial charge in [-0.15, -0.1) is 11.8 Å². The van der Waals surface area contributed by atoms with E-state index in [4.69, 9.17) is 9.47 Å². The fourth-order valence-corrected chi connectivity index (χ4v) is 3.29. The number of esters is 1. The molecule has 0 radical (unpaired) electrons. The van der Waals surface area contributed by atoms with Gasteiger partial charge in [0.1, 0.15) is 5.75 Å². The highest BCUT2D eigenvalue weighted by Crippen LogP contribution is 2.21. The molecule has 1 aliphatic rings. The van der Waals surface area contributed by atoms with Crippen molar-refractivity contribution in [2.45, 2.75) is 49.6 Å². The van der Waals surface area contributed by atoms with Gasteiger partial charge in [-0.1, -0.05) is 12.8 Å². The van der Waals surface area contributed by atoms with E-state index in [9.17, 15) is 14.4 Å². The average Bonchev–Trinajstić information content (AvgIpc) is 3.13. The summed E-state index contributed by atoms with van der Waals surface area (Å²) in [6, 6.07) is 6.83. The summed E-state index contributed by atoms with van der Waals surface area (Å²) in [5, 5.41) is 4.96. The monoisotopic (exact) mass is 380 g/mol. The minimum absolute atomic E-state index is 0.0677. The van der Waals surface area contributed by atoms with Crippen LogP contribution in [0.3, 0.4) is 0 Å². The lowest BCUT2D eigenvalue weighted by atomic mass is 10.2. The van der Waals surface area contributed by atoms with E-state index in [-0.39, 0.29) is 11.8 Å². The van der Waals surface area contributed by atoms with Crippen molar-refractivity contribution >= 4 is 29.7 Å². The molecule has 0 spiro atoms. The Labute approximate surface area is 157 Å². The molecule has 0 saturated heterocycles. The first kappa shape index (κ1) is 20.1. The average molecular weight is 380 g/mol. The molecule has 1 atom stereocenters. The number of ether oxygens (including phenoxy) is 2. The Morgan fingerprint density at radius 2 is 1.85 bits per heavy atom. The Hall–Kier alpha value is -2.22. The van der Waals surface area contributed by atoms with Gasteiger partial charge in [-0.25, -0.2) is 4.79 Å². The third kappa shape index (κ3) is 6.59. The number of hydrogen-bond acceptors (Lipinski definition) is 6. The number of carbonyl (C=O) groups excluding carboxylic acids is 3.